The number of aromatic hydroxyl groups is 2. The molecule has 0 bridgehead atoms. The average molecular weight is 1080 g/mol. The number of hydrogen-bond donors (Lipinski definition) is 5. The molecule has 11 nitrogen and oxygen atoms in total. The Hall–Kier alpha value is -4.60. The summed E-state index contributed by atoms with van der Waals surface area (Å²) in [4.78, 5) is 4.68. The number of nitrogens with two attached hydrogens (primary N) is 1. The number of nitrogen functional groups attached to an aromatic ring is 1. The molecule has 0 aromatic heterocycles. The number of nitrogens with zero attached hydrogens (tertiary/aromatic N) is 2. The van der Waals surface area contributed by atoms with Crippen molar-refractivity contribution >= 4 is 57.8 Å². The third-order valence-electron chi connectivity index (χ3n) is 12.6. The Kier molecular flexibility index (Phi) is 24.2. The van der Waals surface area contributed by atoms with Gasteiger partial charge in [-0.25, -0.2) is 0 Å². The van der Waals surface area contributed by atoms with Gasteiger partial charge in [0.25, 0.3) is 0 Å². The van der Waals surface area contributed by atoms with Crippen molar-refractivity contribution in [3.63, 3.8) is 0 Å². The van der Waals surface area contributed by atoms with Crippen LogP contribution in [0.4, 0.5) is 11.4 Å². The van der Waals surface area contributed by atoms with Gasteiger partial charge in [-0.05, 0) is 123 Å². The third-order valence-corrected chi connectivity index (χ3v) is 13.8. The first kappa shape index (κ1) is 57.7. The number of anilines is 2. The van der Waals surface area contributed by atoms with Gasteiger partial charge in [0.1, 0.15) is 11.5 Å². The van der Waals surface area contributed by atoms with Crippen LogP contribution in [-0.2, 0) is 32.0 Å². The van der Waals surface area contributed by atoms with E-state index in [2.05, 4.69) is 65.4 Å². The normalized spacial score (nSPS) is 17.3. The first-order valence-corrected chi connectivity index (χ1v) is 26.5. The predicted octanol–water partition coefficient (Wildman–Crippen LogP) is 13.7. The summed E-state index contributed by atoms with van der Waals surface area (Å²) in [6, 6.07) is 45.7. The molecular weight excluding hydrogens is 1010 g/mol. The minimum atomic E-state index is -0.589. The maximum Gasteiger partial charge on any atom is 0.157 e. The zero-order valence-corrected chi connectivity index (χ0v) is 44.7. The molecule has 2 saturated heterocycles. The average Bonchev–Trinajstić information content (AvgIpc) is 3.40. The molecule has 2 heterocycles. The molecule has 2 aliphatic heterocycles. The quantitative estimate of drug-likeness (QED) is 0.0368. The van der Waals surface area contributed by atoms with E-state index in [0.717, 1.165) is 81.6 Å². The second-order valence-electron chi connectivity index (χ2n) is 18.5. The van der Waals surface area contributed by atoms with Crippen LogP contribution >= 0.6 is 46.4 Å². The summed E-state index contributed by atoms with van der Waals surface area (Å²) in [7, 11) is 0. The molecule has 15 heteroatoms. The van der Waals surface area contributed by atoms with E-state index in [1.807, 2.05) is 72.8 Å². The highest BCUT2D eigenvalue weighted by Gasteiger charge is 2.25. The first-order chi connectivity index (χ1) is 35.3. The highest BCUT2D eigenvalue weighted by Crippen LogP contribution is 2.32. The SMILES string of the molecule is C[C@@H](COC1CCCCO1)N(Cc1ccccc1)C[C@H](Nc1ccc(O)cc1Cl)c1ccc(Cl)cc1.C[C@@H](COC1CCCCO1)N(Cc1ccccc1)C[C@H](O)c1ccc(Cl)cc1.Nc1ccc(O)cc1Cl. The van der Waals surface area contributed by atoms with Crippen LogP contribution in [-0.4, -0.2) is 89.3 Å². The molecule has 6 aromatic rings. The Morgan fingerprint density at radius 3 is 1.51 bits per heavy atom. The molecule has 0 amide bonds. The monoisotopic (exact) mass is 1070 g/mol. The number of aliphatic hydroxyl groups excluding tert-OH is 1. The van der Waals surface area contributed by atoms with Crippen molar-refractivity contribution in [2.45, 2.75) is 102 Å². The number of nitrogens with one attached hydrogen (secondary N) is 1. The fourth-order valence-corrected chi connectivity index (χ4v) is 8.98. The lowest BCUT2D eigenvalue weighted by atomic mass is 10.0. The molecule has 2 unspecified atom stereocenters. The number of aliphatic hydroxyl groups is 1. The van der Waals surface area contributed by atoms with E-state index in [4.69, 9.17) is 76.2 Å². The van der Waals surface area contributed by atoms with Crippen LogP contribution in [0.5, 0.6) is 11.5 Å². The van der Waals surface area contributed by atoms with Crippen molar-refractivity contribution in [1.82, 2.24) is 9.80 Å². The van der Waals surface area contributed by atoms with Crippen LogP contribution in [0.3, 0.4) is 0 Å². The molecule has 73 heavy (non-hydrogen) atoms. The second kappa shape index (κ2) is 30.7. The topological polar surface area (TPSA) is 142 Å². The number of phenolic OH excluding ortho intramolecular Hbond substituents is 2. The van der Waals surface area contributed by atoms with E-state index in [0.29, 0.717) is 52.1 Å². The van der Waals surface area contributed by atoms with Crippen molar-refractivity contribution in [3.05, 3.63) is 188 Å². The molecule has 0 saturated carbocycles. The van der Waals surface area contributed by atoms with E-state index in [9.17, 15) is 10.2 Å². The van der Waals surface area contributed by atoms with Gasteiger partial charge in [0.2, 0.25) is 0 Å². The summed E-state index contributed by atoms with van der Waals surface area (Å²) in [6.45, 7) is 9.77. The van der Waals surface area contributed by atoms with Crippen molar-refractivity contribution < 1.29 is 34.3 Å². The molecule has 2 aliphatic rings. The Labute approximate surface area is 451 Å². The van der Waals surface area contributed by atoms with Crippen LogP contribution in [0.1, 0.15) is 86.8 Å². The van der Waals surface area contributed by atoms with Gasteiger partial charge >= 0.3 is 0 Å². The zero-order chi connectivity index (χ0) is 52.0. The molecule has 6 atom stereocenters. The lowest BCUT2D eigenvalue weighted by Crippen LogP contribution is -2.41. The molecule has 8 rings (SSSR count). The first-order valence-electron chi connectivity index (χ1n) is 25.0. The van der Waals surface area contributed by atoms with Crippen molar-refractivity contribution in [1.29, 1.82) is 0 Å². The van der Waals surface area contributed by atoms with Crippen molar-refractivity contribution in [2.75, 3.05) is 50.6 Å². The Morgan fingerprint density at radius 1 is 0.589 bits per heavy atom. The van der Waals surface area contributed by atoms with Gasteiger partial charge in [-0.15, -0.1) is 0 Å². The molecule has 2 fully saturated rings. The van der Waals surface area contributed by atoms with Crippen molar-refractivity contribution in [3.8, 4) is 11.5 Å². The fraction of sp³-hybridized carbons (Fsp3) is 0.379. The van der Waals surface area contributed by atoms with Gasteiger partial charge in [0.15, 0.2) is 12.6 Å². The van der Waals surface area contributed by atoms with E-state index < -0.39 is 6.10 Å². The van der Waals surface area contributed by atoms with Crippen LogP contribution in [0.2, 0.25) is 20.1 Å². The smallest absolute Gasteiger partial charge is 0.157 e. The number of benzene rings is 6. The summed E-state index contributed by atoms with van der Waals surface area (Å²) in [6.07, 6.45) is 5.60. The van der Waals surface area contributed by atoms with E-state index >= 15 is 0 Å². The summed E-state index contributed by atoms with van der Waals surface area (Å²) < 4.78 is 23.6. The van der Waals surface area contributed by atoms with Gasteiger partial charge in [-0.3, -0.25) is 9.80 Å². The van der Waals surface area contributed by atoms with E-state index in [1.54, 1.807) is 24.3 Å². The fourth-order valence-electron chi connectivity index (χ4n) is 8.33. The van der Waals surface area contributed by atoms with Crippen LogP contribution in [0.25, 0.3) is 0 Å². The van der Waals surface area contributed by atoms with E-state index in [1.165, 1.54) is 23.3 Å². The molecular formula is C58H70Cl4N4O7. The highest BCUT2D eigenvalue weighted by molar-refractivity contribution is 6.33. The summed E-state index contributed by atoms with van der Waals surface area (Å²) in [5.74, 6) is 0.268. The summed E-state index contributed by atoms with van der Waals surface area (Å²) >= 11 is 24.2. The summed E-state index contributed by atoms with van der Waals surface area (Å²) in [5.41, 5.74) is 11.0. The Morgan fingerprint density at radius 2 is 1.05 bits per heavy atom. The third kappa shape index (κ3) is 20.2. The number of halogens is 4. The second-order valence-corrected chi connectivity index (χ2v) is 20.2. The minimum Gasteiger partial charge on any atom is -0.508 e. The Balaban J connectivity index is 0.000000207. The van der Waals surface area contributed by atoms with Gasteiger partial charge in [-0.1, -0.05) is 131 Å². The molecule has 392 valence electrons. The highest BCUT2D eigenvalue weighted by atomic mass is 35.5. The summed E-state index contributed by atoms with van der Waals surface area (Å²) in [5, 5.41) is 35.2. The number of phenols is 2. The van der Waals surface area contributed by atoms with Gasteiger partial charge in [-0.2, -0.15) is 0 Å². The predicted molar refractivity (Wildman–Crippen MR) is 297 cm³/mol. The lowest BCUT2D eigenvalue weighted by Gasteiger charge is -2.34. The van der Waals surface area contributed by atoms with Gasteiger partial charge in [0.05, 0.1) is 46.8 Å². The molecule has 0 spiro atoms. The molecule has 6 aromatic carbocycles. The van der Waals surface area contributed by atoms with Gasteiger partial charge < -0.3 is 45.3 Å². The van der Waals surface area contributed by atoms with E-state index in [-0.39, 0.29) is 42.2 Å². The number of ether oxygens (including phenoxy) is 4. The maximum atomic E-state index is 10.8. The van der Waals surface area contributed by atoms with Crippen molar-refractivity contribution in [2.24, 2.45) is 0 Å². The lowest BCUT2D eigenvalue weighted by molar-refractivity contribution is -0.170. The molecule has 0 aliphatic carbocycles. The number of rotatable bonds is 20. The maximum absolute atomic E-state index is 10.8. The van der Waals surface area contributed by atoms with Crippen LogP contribution in [0.15, 0.2) is 146 Å². The number of hydrogen-bond acceptors (Lipinski definition) is 11. The largest absolute Gasteiger partial charge is 0.508 e. The zero-order valence-electron chi connectivity index (χ0n) is 41.7. The Bertz CT molecular complexity index is 2490. The van der Waals surface area contributed by atoms with Gasteiger partial charge in [0, 0.05) is 73.7 Å². The van der Waals surface area contributed by atoms with Crippen LogP contribution in [0, 0.1) is 0 Å². The minimum absolute atomic E-state index is 0.0820. The van der Waals surface area contributed by atoms with Crippen LogP contribution < -0.4 is 11.1 Å². The standard InChI is InChI=1S/C29H34Cl2N2O3.C23H30ClNO3.C6H6ClNO/c1-21(20-36-29-9-5-6-16-35-29)33(18-22-7-3-2-4-8-22)19-28(23-10-12-24(30)13-11-23)32-27-15-14-25(34)17-26(27)31;1-18(17-28-23-9-5-6-14-27-23)25(15-19-7-3-2-4-8-19)16-22(26)20-10-12-21(24)13-11-20;7-5-3-4(9)1-2-6(5)8/h2-4,7-8,10-15,17,21,28-29,32,34H,5-6,9,16,18-20H2,1H3;2-4,7-8,10-13,18,22-23,26H,5-6,9,14-17H2,1H3;1-3,9H,8H2/t21-,28-,29?;18-,22-,23?;/m00./s1. The molecule has 0 radical (unpaired) electrons. The molecule has 6 N–H and O–H groups in total.